The molecule has 2 aromatic heterocycles. The molecule has 1 aliphatic heterocycles. The zero-order valence-electron chi connectivity index (χ0n) is 23.3. The zero-order valence-corrected chi connectivity index (χ0v) is 25.4. The number of halogens is 1. The van der Waals surface area contributed by atoms with Crippen molar-refractivity contribution in [2.75, 3.05) is 33.3 Å². The van der Waals surface area contributed by atoms with E-state index in [-0.39, 0.29) is 12.1 Å². The Kier molecular flexibility index (Phi) is 8.00. The molecular formula is C30H36IN5O3. The van der Waals surface area contributed by atoms with Crippen molar-refractivity contribution in [3.8, 4) is 5.75 Å². The Labute approximate surface area is 244 Å². The molecule has 2 aliphatic rings. The lowest BCUT2D eigenvalue weighted by Gasteiger charge is -2.40. The number of alkyl halides is 1. The van der Waals surface area contributed by atoms with Crippen LogP contribution >= 0.6 is 22.6 Å². The molecule has 3 aromatic rings. The normalized spacial score (nSPS) is 17.6. The first-order valence-electron chi connectivity index (χ1n) is 13.3. The minimum absolute atomic E-state index is 0.0532. The van der Waals surface area contributed by atoms with E-state index in [2.05, 4.69) is 67.4 Å². The fraction of sp³-hybridized carbons (Fsp3) is 0.433. The molecule has 206 valence electrons. The summed E-state index contributed by atoms with van der Waals surface area (Å²) in [5.74, 6) is 1.70. The molecule has 1 atom stereocenters. The molecule has 1 amide bonds. The molecule has 1 saturated heterocycles. The van der Waals surface area contributed by atoms with Crippen molar-refractivity contribution in [2.24, 2.45) is 0 Å². The predicted octanol–water partition coefficient (Wildman–Crippen LogP) is 5.73. The van der Waals surface area contributed by atoms with Crippen LogP contribution in [-0.4, -0.2) is 69.3 Å². The molecule has 1 aliphatic carbocycles. The number of nitrogens with zero attached hydrogens (tertiary/aromatic N) is 5. The first kappa shape index (κ1) is 27.6. The number of imidazole rings is 1. The Balaban J connectivity index is 1.56. The molecule has 5 rings (SSSR count). The molecule has 0 spiro atoms. The number of carbonyl (C=O) groups is 1. The van der Waals surface area contributed by atoms with E-state index in [1.165, 1.54) is 22.3 Å². The van der Waals surface area contributed by atoms with Gasteiger partial charge < -0.3 is 18.9 Å². The van der Waals surface area contributed by atoms with Gasteiger partial charge in [0, 0.05) is 55.1 Å². The number of hydrogen-bond donors (Lipinski definition) is 0. The van der Waals surface area contributed by atoms with Crippen LogP contribution in [0.3, 0.4) is 0 Å². The highest BCUT2D eigenvalue weighted by Crippen LogP contribution is 2.41. The molecule has 0 saturated carbocycles. The Morgan fingerprint density at radius 3 is 2.54 bits per heavy atom. The van der Waals surface area contributed by atoms with Gasteiger partial charge in [-0.3, -0.25) is 9.88 Å². The van der Waals surface area contributed by atoms with Gasteiger partial charge >= 0.3 is 6.09 Å². The van der Waals surface area contributed by atoms with E-state index in [1.54, 1.807) is 7.11 Å². The van der Waals surface area contributed by atoms with Gasteiger partial charge in [-0.1, -0.05) is 40.8 Å². The monoisotopic (exact) mass is 641 g/mol. The van der Waals surface area contributed by atoms with Gasteiger partial charge in [0.2, 0.25) is 0 Å². The van der Waals surface area contributed by atoms with Gasteiger partial charge in [-0.15, -0.1) is 0 Å². The number of benzene rings is 1. The number of rotatable bonds is 5. The summed E-state index contributed by atoms with van der Waals surface area (Å²) in [6.45, 7) is 11.1. The van der Waals surface area contributed by atoms with Crippen LogP contribution in [0.15, 0.2) is 42.9 Å². The summed E-state index contributed by atoms with van der Waals surface area (Å²) in [6, 6.07) is 8.83. The topological polar surface area (TPSA) is 72.7 Å². The van der Waals surface area contributed by atoms with E-state index in [9.17, 15) is 4.79 Å². The van der Waals surface area contributed by atoms with Crippen LogP contribution in [0, 0.1) is 6.92 Å². The third-order valence-electron chi connectivity index (χ3n) is 7.26. The van der Waals surface area contributed by atoms with Crippen molar-refractivity contribution < 1.29 is 14.3 Å². The molecule has 0 N–H and O–H groups in total. The van der Waals surface area contributed by atoms with Gasteiger partial charge in [0.1, 0.15) is 17.2 Å². The van der Waals surface area contributed by atoms with Crippen molar-refractivity contribution >= 4 is 40.3 Å². The van der Waals surface area contributed by atoms with Crippen molar-refractivity contribution in [1.29, 1.82) is 0 Å². The predicted molar refractivity (Wildman–Crippen MR) is 161 cm³/mol. The molecule has 0 radical (unpaired) electrons. The number of piperazine rings is 1. The molecule has 3 heterocycles. The largest absolute Gasteiger partial charge is 0.495 e. The molecule has 0 bridgehead atoms. The second kappa shape index (κ2) is 11.3. The number of allylic oxidation sites excluding steroid dienone is 1. The molecule has 8 nitrogen and oxygen atoms in total. The van der Waals surface area contributed by atoms with Crippen LogP contribution in [0.1, 0.15) is 60.6 Å². The lowest BCUT2D eigenvalue weighted by atomic mass is 9.94. The van der Waals surface area contributed by atoms with E-state index in [4.69, 9.17) is 14.5 Å². The summed E-state index contributed by atoms with van der Waals surface area (Å²) < 4.78 is 14.4. The van der Waals surface area contributed by atoms with Gasteiger partial charge in [0.15, 0.2) is 0 Å². The van der Waals surface area contributed by atoms with Gasteiger partial charge in [-0.25, -0.2) is 9.78 Å². The molecule has 1 aromatic carbocycles. The van der Waals surface area contributed by atoms with E-state index in [1.807, 2.05) is 51.2 Å². The standard InChI is InChI=1S/C30H36IN5O3/c1-20-32-8-9-36(20)19-23-15-22-14-21(17-31)6-7-25(22)28(27-26(23)16-24(38-5)18-33-27)34-10-12-35(13-11-34)29(37)39-30(2,3)4/h6-9,14-16,18,28H,10-13,17,19H2,1-5H3. The molecule has 9 heteroatoms. The van der Waals surface area contributed by atoms with Crippen molar-refractivity contribution in [1.82, 2.24) is 24.3 Å². The number of amides is 1. The fourth-order valence-corrected chi connectivity index (χ4v) is 5.76. The average Bonchev–Trinajstić information content (AvgIpc) is 3.26. The maximum Gasteiger partial charge on any atom is 0.410 e. The fourth-order valence-electron chi connectivity index (χ4n) is 5.28. The number of methoxy groups -OCH3 is 1. The van der Waals surface area contributed by atoms with E-state index in [0.29, 0.717) is 19.6 Å². The Bertz CT molecular complexity index is 1390. The first-order valence-corrected chi connectivity index (χ1v) is 14.8. The second-order valence-corrected chi connectivity index (χ2v) is 11.8. The van der Waals surface area contributed by atoms with Crippen LogP contribution in [-0.2, 0) is 15.7 Å². The van der Waals surface area contributed by atoms with Gasteiger partial charge in [-0.05, 0) is 62.1 Å². The maximum absolute atomic E-state index is 12.8. The van der Waals surface area contributed by atoms with Crippen LogP contribution in [0.25, 0.3) is 11.6 Å². The Morgan fingerprint density at radius 1 is 1.13 bits per heavy atom. The molecule has 39 heavy (non-hydrogen) atoms. The number of pyridine rings is 1. The molecule has 1 fully saturated rings. The van der Waals surface area contributed by atoms with E-state index in [0.717, 1.165) is 40.3 Å². The number of aromatic nitrogens is 3. The number of ether oxygens (including phenoxy) is 2. The van der Waals surface area contributed by atoms with E-state index >= 15 is 0 Å². The van der Waals surface area contributed by atoms with Crippen molar-refractivity contribution in [2.45, 2.75) is 50.3 Å². The van der Waals surface area contributed by atoms with Crippen LogP contribution in [0.4, 0.5) is 4.79 Å². The lowest BCUT2D eigenvalue weighted by molar-refractivity contribution is 0.0118. The maximum atomic E-state index is 12.8. The minimum atomic E-state index is -0.512. The molecular weight excluding hydrogens is 605 g/mol. The number of fused-ring (bicyclic) bond motifs is 2. The van der Waals surface area contributed by atoms with E-state index < -0.39 is 5.60 Å². The summed E-state index contributed by atoms with van der Waals surface area (Å²) >= 11 is 2.42. The van der Waals surface area contributed by atoms with Crippen molar-refractivity contribution in [3.63, 3.8) is 0 Å². The summed E-state index contributed by atoms with van der Waals surface area (Å²) in [5.41, 5.74) is 6.45. The third kappa shape index (κ3) is 5.99. The quantitative estimate of drug-likeness (QED) is 0.262. The minimum Gasteiger partial charge on any atom is -0.495 e. The summed E-state index contributed by atoms with van der Waals surface area (Å²) in [7, 11) is 1.68. The van der Waals surface area contributed by atoms with Crippen LogP contribution < -0.4 is 4.74 Å². The van der Waals surface area contributed by atoms with Crippen molar-refractivity contribution in [3.05, 3.63) is 76.6 Å². The lowest BCUT2D eigenvalue weighted by Crippen LogP contribution is -2.51. The van der Waals surface area contributed by atoms with Gasteiger partial charge in [-0.2, -0.15) is 0 Å². The van der Waals surface area contributed by atoms with Gasteiger partial charge in [0.25, 0.3) is 0 Å². The highest BCUT2D eigenvalue weighted by Gasteiger charge is 2.35. The number of carbonyl (C=O) groups excluding carboxylic acids is 1. The summed E-state index contributed by atoms with van der Waals surface area (Å²) in [4.78, 5) is 26.5. The van der Waals surface area contributed by atoms with Gasteiger partial charge in [0.05, 0.1) is 25.0 Å². The second-order valence-electron chi connectivity index (χ2n) is 11.1. The zero-order chi connectivity index (χ0) is 27.7. The summed E-state index contributed by atoms with van der Waals surface area (Å²) in [5, 5.41) is 0. The number of hydrogen-bond acceptors (Lipinski definition) is 6. The third-order valence-corrected chi connectivity index (χ3v) is 8.14. The van der Waals surface area contributed by atoms with Crippen LogP contribution in [0.2, 0.25) is 0 Å². The first-order chi connectivity index (χ1) is 18.7. The highest BCUT2D eigenvalue weighted by atomic mass is 127. The highest BCUT2D eigenvalue weighted by molar-refractivity contribution is 14.1. The summed E-state index contributed by atoms with van der Waals surface area (Å²) in [6.07, 6.45) is 7.73. The average molecular weight is 642 g/mol. The van der Waals surface area contributed by atoms with Crippen LogP contribution in [0.5, 0.6) is 5.75 Å². The molecule has 1 unspecified atom stereocenters. The Morgan fingerprint density at radius 2 is 1.90 bits per heavy atom. The SMILES string of the molecule is COc1cnc2c(c1)C(Cn1ccnc1C)=Cc1cc(CI)ccc1C2N1CCN(C(=O)OC(C)(C)C)CC1. The number of aryl methyl sites for hydroxylation is 1. The smallest absolute Gasteiger partial charge is 0.410 e. The Hall–Kier alpha value is -2.92.